The highest BCUT2D eigenvalue weighted by atomic mass is 16.2. The molecule has 0 radical (unpaired) electrons. The second-order valence-electron chi connectivity index (χ2n) is 8.32. The van der Waals surface area contributed by atoms with E-state index in [1.54, 1.807) is 6.33 Å². The predicted molar refractivity (Wildman–Crippen MR) is 121 cm³/mol. The molecule has 1 fully saturated rings. The van der Waals surface area contributed by atoms with Gasteiger partial charge in [0, 0.05) is 38.4 Å². The summed E-state index contributed by atoms with van der Waals surface area (Å²) < 4.78 is 0. The Balaban J connectivity index is 1.05. The summed E-state index contributed by atoms with van der Waals surface area (Å²) in [5.41, 5.74) is 5.71. The van der Waals surface area contributed by atoms with Gasteiger partial charge in [-0.1, -0.05) is 30.7 Å². The summed E-state index contributed by atoms with van der Waals surface area (Å²) in [5, 5.41) is 0. The van der Waals surface area contributed by atoms with Crippen LogP contribution in [0.25, 0.3) is 11.0 Å². The van der Waals surface area contributed by atoms with Gasteiger partial charge in [0.25, 0.3) is 0 Å². The van der Waals surface area contributed by atoms with Crippen LogP contribution in [0.2, 0.25) is 0 Å². The first-order valence-electron chi connectivity index (χ1n) is 11.1. The molecule has 0 spiro atoms. The van der Waals surface area contributed by atoms with Crippen LogP contribution in [0.4, 0.5) is 11.4 Å². The molecule has 5 rings (SSSR count). The molecule has 6 nitrogen and oxygen atoms in total. The van der Waals surface area contributed by atoms with Crippen molar-refractivity contribution in [1.82, 2.24) is 14.9 Å². The number of hydrogen-bond acceptors (Lipinski definition) is 4. The molecular formula is C24H29N5O. The van der Waals surface area contributed by atoms with Crippen molar-refractivity contribution >= 4 is 28.3 Å². The van der Waals surface area contributed by atoms with Crippen molar-refractivity contribution in [3.8, 4) is 0 Å². The largest absolute Gasteiger partial charge is 0.367 e. The first-order chi connectivity index (χ1) is 14.8. The average molecular weight is 404 g/mol. The molecule has 1 saturated heterocycles. The number of fused-ring (bicyclic) bond motifs is 2. The number of benzene rings is 2. The summed E-state index contributed by atoms with van der Waals surface area (Å²) in [6, 6.07) is 14.5. The lowest BCUT2D eigenvalue weighted by atomic mass is 10.1. The molecule has 0 unspecified atom stereocenters. The third kappa shape index (κ3) is 3.79. The molecule has 3 heterocycles. The van der Waals surface area contributed by atoms with Gasteiger partial charge in [0.2, 0.25) is 5.91 Å². The second kappa shape index (κ2) is 8.48. The smallest absolute Gasteiger partial charge is 0.231 e. The minimum atomic E-state index is 0.249. The highest BCUT2D eigenvalue weighted by molar-refractivity contribution is 6.01. The molecular weight excluding hydrogens is 374 g/mol. The van der Waals surface area contributed by atoms with E-state index in [2.05, 4.69) is 50.1 Å². The van der Waals surface area contributed by atoms with Gasteiger partial charge in [-0.2, -0.15) is 0 Å². The molecule has 0 aliphatic carbocycles. The van der Waals surface area contributed by atoms with Gasteiger partial charge in [-0.15, -0.1) is 0 Å². The Kier molecular flexibility index (Phi) is 5.41. The van der Waals surface area contributed by atoms with Crippen molar-refractivity contribution in [3.05, 3.63) is 54.4 Å². The molecule has 0 saturated carbocycles. The number of rotatable bonds is 7. The highest BCUT2D eigenvalue weighted by Gasteiger charge is 2.26. The second-order valence-corrected chi connectivity index (χ2v) is 8.32. The molecule has 2 aromatic carbocycles. The number of hydrogen-bond donors (Lipinski definition) is 1. The maximum atomic E-state index is 12.3. The van der Waals surface area contributed by atoms with Crippen molar-refractivity contribution in [2.24, 2.45) is 0 Å². The number of imidazole rings is 1. The summed E-state index contributed by atoms with van der Waals surface area (Å²) in [6.07, 6.45) is 5.77. The van der Waals surface area contributed by atoms with Gasteiger partial charge < -0.3 is 14.8 Å². The van der Waals surface area contributed by atoms with Gasteiger partial charge >= 0.3 is 0 Å². The number of amides is 1. The van der Waals surface area contributed by atoms with Crippen molar-refractivity contribution < 1.29 is 4.79 Å². The normalized spacial score (nSPS) is 17.1. The fourth-order valence-electron chi connectivity index (χ4n) is 4.76. The number of nitrogens with zero attached hydrogens (tertiary/aromatic N) is 4. The maximum absolute atomic E-state index is 12.3. The Morgan fingerprint density at radius 3 is 2.57 bits per heavy atom. The number of anilines is 2. The van der Waals surface area contributed by atoms with Crippen molar-refractivity contribution in [3.63, 3.8) is 0 Å². The van der Waals surface area contributed by atoms with E-state index in [4.69, 9.17) is 0 Å². The van der Waals surface area contributed by atoms with Crippen molar-refractivity contribution in [2.45, 2.75) is 25.7 Å². The maximum Gasteiger partial charge on any atom is 0.231 e. The Morgan fingerprint density at radius 1 is 0.867 bits per heavy atom. The molecule has 2 aliphatic heterocycles. The summed E-state index contributed by atoms with van der Waals surface area (Å²) in [4.78, 5) is 27.0. The van der Waals surface area contributed by atoms with Crippen LogP contribution in [0.3, 0.4) is 0 Å². The summed E-state index contributed by atoms with van der Waals surface area (Å²) in [5.74, 6) is 0.249. The van der Waals surface area contributed by atoms with Crippen molar-refractivity contribution in [1.29, 1.82) is 0 Å². The van der Waals surface area contributed by atoms with Crippen LogP contribution in [0.1, 0.15) is 24.8 Å². The van der Waals surface area contributed by atoms with E-state index >= 15 is 0 Å². The van der Waals surface area contributed by atoms with Gasteiger partial charge in [-0.3, -0.25) is 9.69 Å². The zero-order chi connectivity index (χ0) is 20.3. The number of carbonyl (C=O) groups is 1. The minimum absolute atomic E-state index is 0.249. The van der Waals surface area contributed by atoms with E-state index in [0.29, 0.717) is 6.42 Å². The lowest BCUT2D eigenvalue weighted by molar-refractivity contribution is -0.117. The zero-order valence-electron chi connectivity index (χ0n) is 17.4. The number of para-hydroxylation sites is 2. The molecule has 2 aliphatic rings. The van der Waals surface area contributed by atoms with E-state index < -0.39 is 0 Å². The quantitative estimate of drug-likeness (QED) is 0.614. The van der Waals surface area contributed by atoms with E-state index in [1.165, 1.54) is 24.1 Å². The molecule has 0 atom stereocenters. The van der Waals surface area contributed by atoms with Crippen LogP contribution in [0, 0.1) is 0 Å². The van der Waals surface area contributed by atoms with Gasteiger partial charge in [0.05, 0.1) is 24.0 Å². The summed E-state index contributed by atoms with van der Waals surface area (Å²) >= 11 is 0. The molecule has 1 amide bonds. The Morgan fingerprint density at radius 2 is 1.67 bits per heavy atom. The molecule has 6 heteroatoms. The van der Waals surface area contributed by atoms with Crippen LogP contribution < -0.4 is 9.80 Å². The van der Waals surface area contributed by atoms with E-state index in [1.807, 2.05) is 17.0 Å². The van der Waals surface area contributed by atoms with Crippen LogP contribution in [0.5, 0.6) is 0 Å². The fourth-order valence-corrected chi connectivity index (χ4v) is 4.76. The molecule has 3 aromatic rings. The van der Waals surface area contributed by atoms with E-state index in [0.717, 1.165) is 62.4 Å². The number of H-pyrrole nitrogens is 1. The monoisotopic (exact) mass is 403 g/mol. The lowest BCUT2D eigenvalue weighted by Crippen LogP contribution is -2.46. The average Bonchev–Trinajstić information content (AvgIpc) is 3.38. The van der Waals surface area contributed by atoms with E-state index in [-0.39, 0.29) is 5.91 Å². The SMILES string of the molecule is O=C1Cc2ccccc2N1CCCCCN1CCN(c2cccc3[nH]cnc23)CC1. The Hall–Kier alpha value is -2.86. The first-order valence-corrected chi connectivity index (χ1v) is 11.1. The van der Waals surface area contributed by atoms with Crippen LogP contribution in [0.15, 0.2) is 48.8 Å². The number of nitrogens with one attached hydrogen (secondary N) is 1. The Bertz CT molecular complexity index is 1020. The molecule has 1 N–H and O–H groups in total. The Labute approximate surface area is 177 Å². The molecule has 156 valence electrons. The van der Waals surface area contributed by atoms with E-state index in [9.17, 15) is 4.79 Å². The summed E-state index contributed by atoms with van der Waals surface area (Å²) in [7, 11) is 0. The fraction of sp³-hybridized carbons (Fsp3) is 0.417. The first kappa shape index (κ1) is 19.1. The standard InChI is InChI=1S/C24H29N5O/c30-23-17-19-7-2-3-9-21(19)29(23)12-5-1-4-11-27-13-15-28(16-14-27)22-10-6-8-20-24(22)26-18-25-20/h2-3,6-10,18H,1,4-5,11-17H2,(H,25,26). The van der Waals surface area contributed by atoms with Gasteiger partial charge in [-0.05, 0) is 43.1 Å². The third-order valence-electron chi connectivity index (χ3n) is 6.42. The van der Waals surface area contributed by atoms with Gasteiger partial charge in [-0.25, -0.2) is 4.98 Å². The van der Waals surface area contributed by atoms with Gasteiger partial charge in [0.1, 0.15) is 5.52 Å². The number of carbonyl (C=O) groups excluding carboxylic acids is 1. The molecule has 0 bridgehead atoms. The van der Waals surface area contributed by atoms with Crippen molar-refractivity contribution in [2.75, 3.05) is 49.1 Å². The van der Waals surface area contributed by atoms with Crippen LogP contribution in [-0.2, 0) is 11.2 Å². The molecule has 30 heavy (non-hydrogen) atoms. The number of piperazine rings is 1. The molecule has 1 aromatic heterocycles. The van der Waals surface area contributed by atoms with Gasteiger partial charge in [0.15, 0.2) is 0 Å². The summed E-state index contributed by atoms with van der Waals surface area (Å²) in [6.45, 7) is 6.27. The minimum Gasteiger partial charge on any atom is -0.367 e. The topological polar surface area (TPSA) is 55.5 Å². The third-order valence-corrected chi connectivity index (χ3v) is 6.42. The number of unbranched alkanes of at least 4 members (excludes halogenated alkanes) is 2. The number of aromatic amines is 1. The lowest BCUT2D eigenvalue weighted by Gasteiger charge is -2.36. The predicted octanol–water partition coefficient (Wildman–Crippen LogP) is 3.44. The zero-order valence-corrected chi connectivity index (χ0v) is 17.4. The van der Waals surface area contributed by atoms with Crippen LogP contribution >= 0.6 is 0 Å². The number of aromatic nitrogens is 2. The van der Waals surface area contributed by atoms with Crippen LogP contribution in [-0.4, -0.2) is 60.0 Å². The highest BCUT2D eigenvalue weighted by Crippen LogP contribution is 2.29.